The molecule has 0 heterocycles. The van der Waals surface area contributed by atoms with Crippen molar-refractivity contribution in [3.05, 3.63) is 29.8 Å². The van der Waals surface area contributed by atoms with Gasteiger partial charge in [0, 0.05) is 0 Å². The monoisotopic (exact) mass is 506 g/mol. The van der Waals surface area contributed by atoms with Crippen LogP contribution in [-0.4, -0.2) is 58.1 Å². The molecule has 36 heavy (non-hydrogen) atoms. The molecule has 0 aliphatic heterocycles. The summed E-state index contributed by atoms with van der Waals surface area (Å²) in [6.45, 7) is 11.0. The lowest BCUT2D eigenvalue weighted by atomic mass is 9.98. The third kappa shape index (κ3) is 10.6. The molecule has 0 saturated heterocycles. The van der Waals surface area contributed by atoms with Gasteiger partial charge in [-0.25, -0.2) is 4.79 Å². The number of benzene rings is 1. The van der Waals surface area contributed by atoms with Crippen molar-refractivity contribution >= 4 is 23.7 Å². The lowest BCUT2D eigenvalue weighted by Gasteiger charge is -2.27. The van der Waals surface area contributed by atoms with Crippen LogP contribution in [0.25, 0.3) is 0 Å². The zero-order valence-corrected chi connectivity index (χ0v) is 22.1. The first-order valence-electron chi connectivity index (χ1n) is 12.4. The normalized spacial score (nSPS) is 14.7. The second kappa shape index (κ2) is 14.4. The summed E-state index contributed by atoms with van der Waals surface area (Å²) in [6, 6.07) is 2.44. The standard InChI is InChI=1S/C26H42N4O6/c1-14(2)11-20(28-23(32)19(27)13-17-7-9-18(31)10-8-17)24(33)29-21(12-15(3)4)25(34)30-22(16(5)6)26(35)36/h7-10,14-16,19-22,31H,11-13,27H2,1-6H3,(H,28,32)(H,29,33)(H,30,34)(H,35,36). The molecular formula is C26H42N4O6. The topological polar surface area (TPSA) is 171 Å². The fourth-order valence-corrected chi connectivity index (χ4v) is 3.70. The Balaban J connectivity index is 2.97. The smallest absolute Gasteiger partial charge is 0.326 e. The van der Waals surface area contributed by atoms with Crippen LogP contribution >= 0.6 is 0 Å². The van der Waals surface area contributed by atoms with E-state index >= 15 is 0 Å². The predicted octanol–water partition coefficient (Wildman–Crippen LogP) is 1.55. The number of carbonyl (C=O) groups is 4. The summed E-state index contributed by atoms with van der Waals surface area (Å²) in [7, 11) is 0. The van der Waals surface area contributed by atoms with Crippen LogP contribution in [-0.2, 0) is 25.6 Å². The van der Waals surface area contributed by atoms with Gasteiger partial charge >= 0.3 is 5.97 Å². The molecule has 0 aliphatic rings. The first kappa shape index (κ1) is 30.9. The number of aliphatic carboxylic acids is 1. The van der Waals surface area contributed by atoms with E-state index in [4.69, 9.17) is 5.73 Å². The van der Waals surface area contributed by atoms with Gasteiger partial charge in [0.25, 0.3) is 0 Å². The number of phenolic OH excluding ortho intramolecular Hbond substituents is 1. The van der Waals surface area contributed by atoms with Gasteiger partial charge in [0.15, 0.2) is 0 Å². The van der Waals surface area contributed by atoms with Crippen LogP contribution in [0.3, 0.4) is 0 Å². The van der Waals surface area contributed by atoms with Crippen molar-refractivity contribution in [2.24, 2.45) is 23.5 Å². The Morgan fingerprint density at radius 2 is 1.22 bits per heavy atom. The summed E-state index contributed by atoms with van der Waals surface area (Å²) in [5.74, 6) is -2.93. The molecule has 1 aromatic rings. The molecule has 4 atom stereocenters. The molecule has 0 fully saturated rings. The molecule has 4 unspecified atom stereocenters. The first-order valence-corrected chi connectivity index (χ1v) is 12.4. The molecule has 0 bridgehead atoms. The van der Waals surface area contributed by atoms with Crippen molar-refractivity contribution in [1.29, 1.82) is 0 Å². The largest absolute Gasteiger partial charge is 0.508 e. The summed E-state index contributed by atoms with van der Waals surface area (Å²) in [6.07, 6.45) is 0.834. The molecule has 0 saturated carbocycles. The highest BCUT2D eigenvalue weighted by Gasteiger charge is 2.32. The van der Waals surface area contributed by atoms with E-state index < -0.39 is 47.9 Å². The molecule has 3 amide bonds. The van der Waals surface area contributed by atoms with Gasteiger partial charge in [-0.15, -0.1) is 0 Å². The van der Waals surface area contributed by atoms with Crippen LogP contribution in [0, 0.1) is 17.8 Å². The number of hydrogen-bond donors (Lipinski definition) is 6. The van der Waals surface area contributed by atoms with Crippen molar-refractivity contribution in [2.75, 3.05) is 0 Å². The van der Waals surface area contributed by atoms with E-state index in [9.17, 15) is 29.4 Å². The highest BCUT2D eigenvalue weighted by atomic mass is 16.4. The van der Waals surface area contributed by atoms with E-state index in [1.165, 1.54) is 12.1 Å². The SMILES string of the molecule is CC(C)CC(NC(=O)C(N)Cc1ccc(O)cc1)C(=O)NC(CC(C)C)C(=O)NC(C(=O)O)C(C)C. The number of phenols is 1. The van der Waals surface area contributed by atoms with Gasteiger partial charge in [0.2, 0.25) is 17.7 Å². The van der Waals surface area contributed by atoms with Crippen LogP contribution in [0.1, 0.15) is 59.9 Å². The van der Waals surface area contributed by atoms with Gasteiger partial charge in [0.05, 0.1) is 6.04 Å². The fraction of sp³-hybridized carbons (Fsp3) is 0.615. The minimum Gasteiger partial charge on any atom is -0.508 e. The lowest BCUT2D eigenvalue weighted by Crippen LogP contribution is -2.58. The maximum atomic E-state index is 13.2. The number of nitrogens with two attached hydrogens (primary N) is 1. The summed E-state index contributed by atoms with van der Waals surface area (Å²) in [5.41, 5.74) is 6.82. The molecule has 10 heteroatoms. The van der Waals surface area contributed by atoms with Crippen LogP contribution in [0.15, 0.2) is 24.3 Å². The summed E-state index contributed by atoms with van der Waals surface area (Å²) in [4.78, 5) is 50.4. The van der Waals surface area contributed by atoms with Crippen LogP contribution in [0.5, 0.6) is 5.75 Å². The number of amides is 3. The average Bonchev–Trinajstić information content (AvgIpc) is 2.76. The average molecular weight is 507 g/mol. The van der Waals surface area contributed by atoms with E-state index in [1.807, 2.05) is 27.7 Å². The van der Waals surface area contributed by atoms with Gasteiger partial charge < -0.3 is 31.9 Å². The van der Waals surface area contributed by atoms with Crippen LogP contribution in [0.4, 0.5) is 0 Å². The third-order valence-corrected chi connectivity index (χ3v) is 5.64. The van der Waals surface area contributed by atoms with E-state index in [0.717, 1.165) is 5.56 Å². The highest BCUT2D eigenvalue weighted by molar-refractivity contribution is 5.94. The lowest BCUT2D eigenvalue weighted by molar-refractivity contribution is -0.143. The van der Waals surface area contributed by atoms with E-state index in [-0.39, 0.29) is 29.9 Å². The number of carbonyl (C=O) groups excluding carboxylic acids is 3. The zero-order chi connectivity index (χ0) is 27.6. The Labute approximate surface area is 213 Å². The molecule has 0 radical (unpaired) electrons. The van der Waals surface area contributed by atoms with E-state index in [1.54, 1.807) is 26.0 Å². The van der Waals surface area contributed by atoms with Crippen molar-refractivity contribution in [2.45, 2.75) is 85.0 Å². The second-order valence-electron chi connectivity index (χ2n) is 10.4. The fourth-order valence-electron chi connectivity index (χ4n) is 3.70. The molecule has 1 aromatic carbocycles. The third-order valence-electron chi connectivity index (χ3n) is 5.64. The van der Waals surface area contributed by atoms with Crippen LogP contribution in [0.2, 0.25) is 0 Å². The summed E-state index contributed by atoms with van der Waals surface area (Å²) >= 11 is 0. The molecule has 1 rings (SSSR count). The molecule has 7 N–H and O–H groups in total. The number of aromatic hydroxyl groups is 1. The van der Waals surface area contributed by atoms with Crippen molar-refractivity contribution in [1.82, 2.24) is 16.0 Å². The van der Waals surface area contributed by atoms with Gasteiger partial charge in [-0.1, -0.05) is 53.7 Å². The number of carboxylic acid groups (broad SMARTS) is 1. The number of rotatable bonds is 14. The van der Waals surface area contributed by atoms with Crippen molar-refractivity contribution in [3.63, 3.8) is 0 Å². The Morgan fingerprint density at radius 3 is 1.64 bits per heavy atom. The second-order valence-corrected chi connectivity index (χ2v) is 10.4. The summed E-state index contributed by atoms with van der Waals surface area (Å²) in [5, 5.41) is 26.8. The number of carboxylic acids is 1. The molecule has 0 spiro atoms. The Bertz CT molecular complexity index is 885. The Morgan fingerprint density at radius 1 is 0.778 bits per heavy atom. The highest BCUT2D eigenvalue weighted by Crippen LogP contribution is 2.13. The molecular weight excluding hydrogens is 464 g/mol. The summed E-state index contributed by atoms with van der Waals surface area (Å²) < 4.78 is 0. The van der Waals surface area contributed by atoms with Gasteiger partial charge in [-0.3, -0.25) is 14.4 Å². The number of hydrogen-bond acceptors (Lipinski definition) is 6. The molecule has 0 aromatic heterocycles. The van der Waals surface area contributed by atoms with Gasteiger partial charge in [-0.2, -0.15) is 0 Å². The van der Waals surface area contributed by atoms with Gasteiger partial charge in [-0.05, 0) is 54.7 Å². The molecule has 202 valence electrons. The van der Waals surface area contributed by atoms with Gasteiger partial charge in [0.1, 0.15) is 23.9 Å². The van der Waals surface area contributed by atoms with Crippen LogP contribution < -0.4 is 21.7 Å². The Hall–Kier alpha value is -3.14. The van der Waals surface area contributed by atoms with E-state index in [0.29, 0.717) is 12.8 Å². The zero-order valence-electron chi connectivity index (χ0n) is 22.1. The molecule has 0 aliphatic carbocycles. The maximum Gasteiger partial charge on any atom is 0.326 e. The van der Waals surface area contributed by atoms with Crippen molar-refractivity contribution in [3.8, 4) is 5.75 Å². The number of nitrogens with one attached hydrogen (secondary N) is 3. The van der Waals surface area contributed by atoms with Crippen molar-refractivity contribution < 1.29 is 29.4 Å². The minimum absolute atomic E-state index is 0.0419. The quantitative estimate of drug-likeness (QED) is 0.222. The predicted molar refractivity (Wildman–Crippen MR) is 137 cm³/mol. The minimum atomic E-state index is -1.15. The maximum absolute atomic E-state index is 13.2. The first-order chi connectivity index (χ1) is 16.7. The Kier molecular flexibility index (Phi) is 12.4. The molecule has 10 nitrogen and oxygen atoms in total. The van der Waals surface area contributed by atoms with E-state index in [2.05, 4.69) is 16.0 Å².